The molecule has 0 aromatic heterocycles. The van der Waals surface area contributed by atoms with E-state index in [1.807, 2.05) is 13.0 Å². The first-order chi connectivity index (χ1) is 11.0. The van der Waals surface area contributed by atoms with Gasteiger partial charge in [-0.15, -0.1) is 0 Å². The minimum Gasteiger partial charge on any atom is -0.392 e. The van der Waals surface area contributed by atoms with Crippen LogP contribution in [-0.2, 0) is 4.79 Å². The highest BCUT2D eigenvalue weighted by molar-refractivity contribution is 6.02. The lowest BCUT2D eigenvalue weighted by molar-refractivity contribution is -0.144. The van der Waals surface area contributed by atoms with E-state index in [9.17, 15) is 20.1 Å². The van der Waals surface area contributed by atoms with Crippen LogP contribution in [0.15, 0.2) is 23.8 Å². The van der Waals surface area contributed by atoms with Gasteiger partial charge in [0.15, 0.2) is 5.78 Å². The maximum Gasteiger partial charge on any atom is 0.190 e. The van der Waals surface area contributed by atoms with Crippen LogP contribution < -0.4 is 0 Å². The summed E-state index contributed by atoms with van der Waals surface area (Å²) in [5.74, 6) is -0.729. The number of Topliss-reactive ketones (excluding diaryl/α,β-unsaturated/α-hetero) is 1. The lowest BCUT2D eigenvalue weighted by Gasteiger charge is -2.34. The number of ketones is 1. The zero-order chi connectivity index (χ0) is 18.0. The summed E-state index contributed by atoms with van der Waals surface area (Å²) >= 11 is 0. The molecule has 2 saturated carbocycles. The Labute approximate surface area is 144 Å². The molecule has 0 amide bonds. The lowest BCUT2D eigenvalue weighted by Crippen LogP contribution is -2.50. The third kappa shape index (κ3) is 2.42. The fourth-order valence-corrected chi connectivity index (χ4v) is 5.17. The van der Waals surface area contributed by atoms with Gasteiger partial charge in [0.05, 0.1) is 18.1 Å². The van der Waals surface area contributed by atoms with Crippen LogP contribution in [0.4, 0.5) is 0 Å². The van der Waals surface area contributed by atoms with Crippen molar-refractivity contribution < 1.29 is 20.1 Å². The Kier molecular flexibility index (Phi) is 4.10. The molecule has 24 heavy (non-hydrogen) atoms. The number of carbonyl (C=O) groups is 1. The Hall–Kier alpha value is -0.970. The zero-order valence-corrected chi connectivity index (χ0v) is 15.1. The first-order valence-electron chi connectivity index (χ1n) is 9.01. The van der Waals surface area contributed by atoms with Gasteiger partial charge >= 0.3 is 0 Å². The Balaban J connectivity index is 2.04. The molecule has 134 valence electrons. The van der Waals surface area contributed by atoms with Gasteiger partial charge in [-0.25, -0.2) is 0 Å². The highest BCUT2D eigenvalue weighted by Gasteiger charge is 2.60. The largest absolute Gasteiger partial charge is 0.392 e. The Morgan fingerprint density at radius 3 is 2.54 bits per heavy atom. The standard InChI is InChI=1S/C20H30O4/c1-10-6-7-13-14(19(13,4)5)8-11(2)18(23)20(24)9-12(3)17(22)15(20)16(10)21/h8,12-17,21-22,24H,1,6-7,9H2,2-5H3/b11-8-/t12-,13-,14+,15-,16-,17-,20+/m0/s1. The van der Waals surface area contributed by atoms with Gasteiger partial charge in [0.1, 0.15) is 5.60 Å². The fourth-order valence-electron chi connectivity index (χ4n) is 5.17. The first kappa shape index (κ1) is 17.8. The molecule has 0 heterocycles. The SMILES string of the molecule is C=C1CC[C@H]2[C@@H](/C=C(/C)C(=O)[C@@]3(O)C[C@H](C)[C@H](O)[C@@H]3[C@H]1O)C2(C)C. The number of fused-ring (bicyclic) bond motifs is 2. The van der Waals surface area contributed by atoms with E-state index in [1.54, 1.807) is 6.92 Å². The molecule has 0 radical (unpaired) electrons. The maximum atomic E-state index is 13.0. The van der Waals surface area contributed by atoms with Crippen molar-refractivity contribution >= 4 is 5.78 Å². The molecular weight excluding hydrogens is 304 g/mol. The predicted molar refractivity (Wildman–Crippen MR) is 92.1 cm³/mol. The van der Waals surface area contributed by atoms with Crippen molar-refractivity contribution in [2.75, 3.05) is 0 Å². The molecule has 0 bridgehead atoms. The lowest BCUT2D eigenvalue weighted by atomic mass is 9.77. The topological polar surface area (TPSA) is 77.8 Å². The molecule has 0 aromatic carbocycles. The van der Waals surface area contributed by atoms with Crippen molar-refractivity contribution in [2.45, 2.75) is 64.8 Å². The van der Waals surface area contributed by atoms with Crippen LogP contribution in [0.5, 0.6) is 0 Å². The minimum absolute atomic E-state index is 0.135. The van der Waals surface area contributed by atoms with E-state index in [2.05, 4.69) is 20.4 Å². The van der Waals surface area contributed by atoms with Crippen LogP contribution in [0.2, 0.25) is 0 Å². The summed E-state index contributed by atoms with van der Waals surface area (Å²) in [7, 11) is 0. The number of rotatable bonds is 0. The average Bonchev–Trinajstić information content (AvgIpc) is 2.91. The third-order valence-corrected chi connectivity index (χ3v) is 6.99. The second-order valence-corrected chi connectivity index (χ2v) is 8.90. The average molecular weight is 334 g/mol. The first-order valence-corrected chi connectivity index (χ1v) is 9.01. The van der Waals surface area contributed by atoms with Crippen molar-refractivity contribution in [2.24, 2.45) is 29.1 Å². The molecule has 0 aromatic rings. The smallest absolute Gasteiger partial charge is 0.190 e. The van der Waals surface area contributed by atoms with E-state index >= 15 is 0 Å². The maximum absolute atomic E-state index is 13.0. The van der Waals surface area contributed by atoms with Crippen LogP contribution >= 0.6 is 0 Å². The molecule has 3 rings (SSSR count). The molecule has 2 fully saturated rings. The van der Waals surface area contributed by atoms with Gasteiger partial charge in [0, 0.05) is 0 Å². The number of hydrogen-bond donors (Lipinski definition) is 3. The van der Waals surface area contributed by atoms with Crippen molar-refractivity contribution in [3.8, 4) is 0 Å². The molecule has 3 N–H and O–H groups in total. The van der Waals surface area contributed by atoms with E-state index in [4.69, 9.17) is 0 Å². The Bertz CT molecular complexity index is 605. The van der Waals surface area contributed by atoms with Gasteiger partial charge < -0.3 is 15.3 Å². The number of carbonyl (C=O) groups excluding carboxylic acids is 1. The summed E-state index contributed by atoms with van der Waals surface area (Å²) in [5, 5.41) is 32.4. The molecule has 0 saturated heterocycles. The molecular formula is C20H30O4. The summed E-state index contributed by atoms with van der Waals surface area (Å²) in [5.41, 5.74) is -0.429. The van der Waals surface area contributed by atoms with Gasteiger partial charge in [-0.1, -0.05) is 33.4 Å². The van der Waals surface area contributed by atoms with Crippen LogP contribution in [0.25, 0.3) is 0 Å². The van der Waals surface area contributed by atoms with E-state index < -0.39 is 23.7 Å². The molecule has 7 atom stereocenters. The summed E-state index contributed by atoms with van der Waals surface area (Å²) in [6, 6.07) is 0. The highest BCUT2D eigenvalue weighted by Crippen LogP contribution is 2.62. The second-order valence-electron chi connectivity index (χ2n) is 8.90. The van der Waals surface area contributed by atoms with Crippen LogP contribution in [0, 0.1) is 29.1 Å². The monoisotopic (exact) mass is 334 g/mol. The van der Waals surface area contributed by atoms with Gasteiger partial charge in [0.2, 0.25) is 0 Å². The highest BCUT2D eigenvalue weighted by atomic mass is 16.3. The van der Waals surface area contributed by atoms with Gasteiger partial charge in [-0.2, -0.15) is 0 Å². The Morgan fingerprint density at radius 1 is 1.29 bits per heavy atom. The summed E-state index contributed by atoms with van der Waals surface area (Å²) < 4.78 is 0. The summed E-state index contributed by atoms with van der Waals surface area (Å²) in [6.07, 6.45) is 1.75. The summed E-state index contributed by atoms with van der Waals surface area (Å²) in [4.78, 5) is 13.0. The van der Waals surface area contributed by atoms with Crippen LogP contribution in [0.1, 0.15) is 47.0 Å². The third-order valence-electron chi connectivity index (χ3n) is 6.99. The van der Waals surface area contributed by atoms with E-state index in [1.165, 1.54) is 0 Å². The van der Waals surface area contributed by atoms with Crippen molar-refractivity contribution in [1.29, 1.82) is 0 Å². The second kappa shape index (κ2) is 5.52. The van der Waals surface area contributed by atoms with Crippen molar-refractivity contribution in [3.63, 3.8) is 0 Å². The van der Waals surface area contributed by atoms with Crippen molar-refractivity contribution in [3.05, 3.63) is 23.8 Å². The molecule has 0 spiro atoms. The molecule has 0 aliphatic heterocycles. The zero-order valence-electron chi connectivity index (χ0n) is 15.1. The van der Waals surface area contributed by atoms with Gasteiger partial charge in [-0.05, 0) is 60.5 Å². The van der Waals surface area contributed by atoms with Crippen LogP contribution in [-0.4, -0.2) is 38.9 Å². The summed E-state index contributed by atoms with van der Waals surface area (Å²) in [6.45, 7) is 11.9. The number of aliphatic hydroxyl groups excluding tert-OH is 2. The number of allylic oxidation sites excluding steroid dienone is 1. The molecule has 4 heteroatoms. The normalized spacial score (nSPS) is 50.4. The number of hydrogen-bond acceptors (Lipinski definition) is 4. The Morgan fingerprint density at radius 2 is 1.92 bits per heavy atom. The van der Waals surface area contributed by atoms with Gasteiger partial charge in [0.25, 0.3) is 0 Å². The van der Waals surface area contributed by atoms with Crippen LogP contribution in [0.3, 0.4) is 0 Å². The fraction of sp³-hybridized carbons (Fsp3) is 0.750. The molecule has 4 nitrogen and oxygen atoms in total. The molecule has 3 aliphatic rings. The molecule has 3 aliphatic carbocycles. The quantitative estimate of drug-likeness (QED) is 0.594. The number of aliphatic hydroxyl groups is 3. The van der Waals surface area contributed by atoms with E-state index in [-0.39, 0.29) is 23.5 Å². The van der Waals surface area contributed by atoms with E-state index in [0.717, 1.165) is 6.42 Å². The van der Waals surface area contributed by atoms with Crippen molar-refractivity contribution in [1.82, 2.24) is 0 Å². The minimum atomic E-state index is -1.72. The van der Waals surface area contributed by atoms with Gasteiger partial charge in [-0.3, -0.25) is 4.79 Å². The van der Waals surface area contributed by atoms with E-state index in [0.29, 0.717) is 29.4 Å². The predicted octanol–water partition coefficient (Wildman–Crippen LogP) is 2.23. The molecule has 0 unspecified atom stereocenters.